The molecule has 90 valence electrons. The van der Waals surface area contributed by atoms with Gasteiger partial charge in [0.25, 0.3) is 0 Å². The summed E-state index contributed by atoms with van der Waals surface area (Å²) in [5.74, 6) is 0.743. The number of aromatic nitrogens is 3. The molecule has 0 spiro atoms. The van der Waals surface area contributed by atoms with Crippen molar-refractivity contribution in [3.63, 3.8) is 0 Å². The van der Waals surface area contributed by atoms with Crippen LogP contribution in [0.4, 0.5) is 0 Å². The third-order valence-corrected chi connectivity index (χ3v) is 7.81. The van der Waals surface area contributed by atoms with Gasteiger partial charge >= 0.3 is 0 Å². The molecule has 1 aromatic rings. The topological polar surface area (TPSA) is 39.9 Å². The molecule has 0 unspecified atom stereocenters. The van der Waals surface area contributed by atoms with Crippen LogP contribution in [0.5, 0.6) is 0 Å². The number of rotatable bonds is 7. The molecular weight excluding hydrogens is 218 g/mol. The molecule has 1 rings (SSSR count). The highest BCUT2D eigenvalue weighted by molar-refractivity contribution is 6.73. The molecule has 0 bridgehead atoms. The molecule has 16 heavy (non-hydrogen) atoms. The molecular formula is C11H21N3OSi. The molecule has 0 amide bonds. The maximum absolute atomic E-state index is 6.09. The van der Waals surface area contributed by atoms with Crippen LogP contribution in [0, 0.1) is 0 Å². The summed E-state index contributed by atoms with van der Waals surface area (Å²) in [6, 6.07) is 3.46. The average Bonchev–Trinajstić information content (AvgIpc) is 2.80. The molecule has 4 nitrogen and oxygen atoms in total. The van der Waals surface area contributed by atoms with Gasteiger partial charge in [-0.1, -0.05) is 27.4 Å². The van der Waals surface area contributed by atoms with Crippen molar-refractivity contribution in [3.05, 3.63) is 18.7 Å². The van der Waals surface area contributed by atoms with Gasteiger partial charge in [-0.05, 0) is 18.1 Å². The molecule has 0 aromatic carbocycles. The van der Waals surface area contributed by atoms with Crippen LogP contribution in [0.15, 0.2) is 12.9 Å². The summed E-state index contributed by atoms with van der Waals surface area (Å²) in [5.41, 5.74) is 0. The van der Waals surface area contributed by atoms with Crippen molar-refractivity contribution in [2.24, 2.45) is 0 Å². The van der Waals surface area contributed by atoms with Gasteiger partial charge in [-0.25, -0.2) is 9.67 Å². The average molecular weight is 239 g/mol. The van der Waals surface area contributed by atoms with E-state index in [0.717, 1.165) is 24.0 Å². The van der Waals surface area contributed by atoms with Gasteiger partial charge in [-0.15, -0.1) is 5.10 Å². The van der Waals surface area contributed by atoms with Gasteiger partial charge in [0.1, 0.15) is 6.33 Å². The van der Waals surface area contributed by atoms with Crippen LogP contribution in [0.25, 0.3) is 6.20 Å². The third kappa shape index (κ3) is 3.02. The second kappa shape index (κ2) is 5.96. The molecule has 0 saturated carbocycles. The summed E-state index contributed by atoms with van der Waals surface area (Å²) in [4.78, 5) is 4.17. The minimum atomic E-state index is -1.52. The van der Waals surface area contributed by atoms with Crippen molar-refractivity contribution in [2.45, 2.75) is 45.5 Å². The van der Waals surface area contributed by atoms with E-state index in [-0.39, 0.29) is 0 Å². The molecule has 0 radical (unpaired) electrons. The minimum Gasteiger partial charge on any atom is -0.409 e. The van der Waals surface area contributed by atoms with Gasteiger partial charge in [0, 0.05) is 6.20 Å². The fraction of sp³-hybridized carbons (Fsp3) is 0.636. The quantitative estimate of drug-likeness (QED) is 0.687. The highest BCUT2D eigenvalue weighted by Crippen LogP contribution is 2.22. The Hall–Kier alpha value is -0.943. The van der Waals surface area contributed by atoms with Crippen molar-refractivity contribution in [1.82, 2.24) is 14.8 Å². The smallest absolute Gasteiger partial charge is 0.192 e. The molecule has 0 aliphatic rings. The predicted octanol–water partition coefficient (Wildman–Crippen LogP) is 2.90. The van der Waals surface area contributed by atoms with Gasteiger partial charge in [0.05, 0.1) is 6.61 Å². The van der Waals surface area contributed by atoms with Crippen molar-refractivity contribution in [1.29, 1.82) is 0 Å². The minimum absolute atomic E-state index is 0.530. The van der Waals surface area contributed by atoms with Gasteiger partial charge < -0.3 is 4.43 Å². The van der Waals surface area contributed by atoms with E-state index in [1.165, 1.54) is 0 Å². The maximum Gasteiger partial charge on any atom is 0.192 e. The molecule has 0 aliphatic carbocycles. The fourth-order valence-corrected chi connectivity index (χ4v) is 4.29. The van der Waals surface area contributed by atoms with E-state index in [2.05, 4.69) is 37.4 Å². The Labute approximate surface area is 98.5 Å². The van der Waals surface area contributed by atoms with Crippen LogP contribution >= 0.6 is 0 Å². The molecule has 1 aromatic heterocycles. The zero-order chi connectivity index (χ0) is 12.0. The first-order chi connectivity index (χ1) is 7.69. The molecule has 0 saturated heterocycles. The van der Waals surface area contributed by atoms with Crippen LogP contribution in [-0.4, -0.2) is 23.1 Å². The lowest BCUT2D eigenvalue weighted by Crippen LogP contribution is -2.35. The van der Waals surface area contributed by atoms with Gasteiger partial charge in [-0.3, -0.25) is 0 Å². The van der Waals surface area contributed by atoms with Crippen LogP contribution in [0.1, 0.15) is 26.6 Å². The van der Waals surface area contributed by atoms with Crippen LogP contribution < -0.4 is 0 Å². The van der Waals surface area contributed by atoms with Gasteiger partial charge in [0.15, 0.2) is 14.1 Å². The lowest BCUT2D eigenvalue weighted by Gasteiger charge is -2.27. The first kappa shape index (κ1) is 13.1. The Bertz CT molecular complexity index is 325. The summed E-state index contributed by atoms with van der Waals surface area (Å²) >= 11 is 0. The normalized spacial score (nSPS) is 11.7. The Morgan fingerprint density at radius 2 is 2.00 bits per heavy atom. The predicted molar refractivity (Wildman–Crippen MR) is 68.4 cm³/mol. The molecule has 0 aliphatic heterocycles. The van der Waals surface area contributed by atoms with Gasteiger partial charge in [-0.2, -0.15) is 0 Å². The molecule has 5 heteroatoms. The van der Waals surface area contributed by atoms with E-state index in [4.69, 9.17) is 4.43 Å². The third-order valence-electron chi connectivity index (χ3n) is 3.18. The van der Waals surface area contributed by atoms with E-state index in [1.807, 2.05) is 0 Å². The standard InChI is InChI=1S/C11H21N3OSi/c1-5-14-10-12-11(13-14)9-15-16(6-2,7-3)8-4/h5,10H,1,6-9H2,2-4H3. The number of hydrogen-bond acceptors (Lipinski definition) is 3. The first-order valence-electron chi connectivity index (χ1n) is 5.86. The van der Waals surface area contributed by atoms with Crippen molar-refractivity contribution < 1.29 is 4.43 Å². The maximum atomic E-state index is 6.09. The highest BCUT2D eigenvalue weighted by atomic mass is 28.4. The summed E-state index contributed by atoms with van der Waals surface area (Å²) < 4.78 is 7.69. The van der Waals surface area contributed by atoms with Crippen LogP contribution in [0.3, 0.4) is 0 Å². The summed E-state index contributed by atoms with van der Waals surface area (Å²) in [6.45, 7) is 10.8. The lowest BCUT2D eigenvalue weighted by atomic mass is 10.7. The van der Waals surface area contributed by atoms with E-state index < -0.39 is 8.32 Å². The SMILES string of the molecule is C=Cn1cnc(CO[Si](CC)(CC)CC)n1. The number of nitrogens with zero attached hydrogens (tertiary/aromatic N) is 3. The van der Waals surface area contributed by atoms with Crippen LogP contribution in [0.2, 0.25) is 18.1 Å². The largest absolute Gasteiger partial charge is 0.409 e. The van der Waals surface area contributed by atoms with E-state index in [1.54, 1.807) is 17.2 Å². The Morgan fingerprint density at radius 3 is 2.44 bits per heavy atom. The molecule has 1 heterocycles. The van der Waals surface area contributed by atoms with Crippen molar-refractivity contribution >= 4 is 14.5 Å². The fourth-order valence-electron chi connectivity index (χ4n) is 1.74. The van der Waals surface area contributed by atoms with E-state index >= 15 is 0 Å². The zero-order valence-corrected chi connectivity index (χ0v) is 11.4. The summed E-state index contributed by atoms with van der Waals surface area (Å²) in [5, 5.41) is 4.22. The summed E-state index contributed by atoms with van der Waals surface area (Å²) in [7, 11) is -1.52. The van der Waals surface area contributed by atoms with Crippen molar-refractivity contribution in [3.8, 4) is 0 Å². The van der Waals surface area contributed by atoms with Crippen molar-refractivity contribution in [2.75, 3.05) is 0 Å². The first-order valence-corrected chi connectivity index (χ1v) is 8.39. The Kier molecular flexibility index (Phi) is 4.89. The van der Waals surface area contributed by atoms with Gasteiger partial charge in [0.2, 0.25) is 0 Å². The number of hydrogen-bond donors (Lipinski definition) is 0. The molecule has 0 fully saturated rings. The zero-order valence-electron chi connectivity index (χ0n) is 10.4. The van der Waals surface area contributed by atoms with Crippen LogP contribution in [-0.2, 0) is 11.0 Å². The Morgan fingerprint density at radius 1 is 1.38 bits per heavy atom. The lowest BCUT2D eigenvalue weighted by molar-refractivity contribution is 0.277. The second-order valence-corrected chi connectivity index (χ2v) is 8.63. The summed E-state index contributed by atoms with van der Waals surface area (Å²) in [6.07, 6.45) is 3.28. The van der Waals surface area contributed by atoms with E-state index in [0.29, 0.717) is 6.61 Å². The van der Waals surface area contributed by atoms with E-state index in [9.17, 15) is 0 Å². The Balaban J connectivity index is 2.58. The second-order valence-electron chi connectivity index (χ2n) is 3.86. The molecule has 0 atom stereocenters. The molecule has 0 N–H and O–H groups in total. The highest BCUT2D eigenvalue weighted by Gasteiger charge is 2.28. The monoisotopic (exact) mass is 239 g/mol.